The first kappa shape index (κ1) is 15.8. The Hall–Kier alpha value is -2.69. The molecule has 1 heterocycles. The first-order chi connectivity index (χ1) is 12.1. The molecule has 0 spiro atoms. The minimum Gasteiger partial charge on any atom is -0.478 e. The quantitative estimate of drug-likeness (QED) is 0.760. The maximum Gasteiger partial charge on any atom is 0.337 e. The maximum atomic E-state index is 14.2. The molecular formula is C20H17F2NO2. The number of fused-ring (bicyclic) bond motifs is 3. The molecule has 0 saturated carbocycles. The third kappa shape index (κ3) is 2.51. The normalized spacial score (nSPS) is 13.8. The van der Waals surface area contributed by atoms with Crippen molar-refractivity contribution in [3.05, 3.63) is 70.4 Å². The Labute approximate surface area is 143 Å². The SMILES string of the molecule is O=C(O)c1cccc2c3c(n(Cc4c(F)cccc4F)c12)CCCC3. The van der Waals surface area contributed by atoms with Crippen molar-refractivity contribution >= 4 is 16.9 Å². The first-order valence-corrected chi connectivity index (χ1v) is 8.37. The van der Waals surface area contributed by atoms with Gasteiger partial charge in [0.1, 0.15) is 11.6 Å². The molecule has 3 nitrogen and oxygen atoms in total. The molecule has 1 aliphatic carbocycles. The molecular weight excluding hydrogens is 324 g/mol. The Morgan fingerprint density at radius 2 is 1.72 bits per heavy atom. The standard InChI is InChI=1S/C20H17F2NO2/c21-16-8-4-9-17(22)15(16)11-23-18-10-2-1-5-12(18)13-6-3-7-14(19(13)23)20(24)25/h3-4,6-9H,1-2,5,10-11H2,(H,24,25). The van der Waals surface area contributed by atoms with Gasteiger partial charge in [-0.25, -0.2) is 13.6 Å². The van der Waals surface area contributed by atoms with Gasteiger partial charge in [-0.3, -0.25) is 0 Å². The zero-order valence-corrected chi connectivity index (χ0v) is 13.6. The van der Waals surface area contributed by atoms with E-state index in [4.69, 9.17) is 0 Å². The summed E-state index contributed by atoms with van der Waals surface area (Å²) in [5, 5.41) is 10.5. The lowest BCUT2D eigenvalue weighted by molar-refractivity contribution is 0.0698. The van der Waals surface area contributed by atoms with Crippen molar-refractivity contribution in [2.24, 2.45) is 0 Å². The lowest BCUT2D eigenvalue weighted by Crippen LogP contribution is -2.12. The second-order valence-corrected chi connectivity index (χ2v) is 6.43. The molecule has 0 amide bonds. The van der Waals surface area contributed by atoms with E-state index >= 15 is 0 Å². The van der Waals surface area contributed by atoms with Gasteiger partial charge in [0.25, 0.3) is 0 Å². The van der Waals surface area contributed by atoms with Crippen LogP contribution in [0.1, 0.15) is 40.0 Å². The number of nitrogens with zero attached hydrogens (tertiary/aromatic N) is 1. The number of benzene rings is 2. The fourth-order valence-corrected chi connectivity index (χ4v) is 3.88. The predicted molar refractivity (Wildman–Crippen MR) is 91.0 cm³/mol. The Morgan fingerprint density at radius 1 is 1.04 bits per heavy atom. The molecule has 128 valence electrons. The highest BCUT2D eigenvalue weighted by Crippen LogP contribution is 2.35. The number of carboxylic acid groups (broad SMARTS) is 1. The van der Waals surface area contributed by atoms with E-state index < -0.39 is 17.6 Å². The topological polar surface area (TPSA) is 42.2 Å². The number of carbonyl (C=O) groups is 1. The molecule has 5 heteroatoms. The molecule has 25 heavy (non-hydrogen) atoms. The van der Waals surface area contributed by atoms with E-state index in [1.54, 1.807) is 16.7 Å². The van der Waals surface area contributed by atoms with Crippen LogP contribution in [0.3, 0.4) is 0 Å². The molecule has 0 atom stereocenters. The largest absolute Gasteiger partial charge is 0.478 e. The molecule has 1 aromatic heterocycles. The van der Waals surface area contributed by atoms with Crippen molar-refractivity contribution in [3.8, 4) is 0 Å². The number of para-hydroxylation sites is 1. The summed E-state index contributed by atoms with van der Waals surface area (Å²) in [6, 6.07) is 8.97. The number of hydrogen-bond acceptors (Lipinski definition) is 1. The van der Waals surface area contributed by atoms with Gasteiger partial charge in [0, 0.05) is 16.6 Å². The van der Waals surface area contributed by atoms with Gasteiger partial charge in [0.05, 0.1) is 17.6 Å². The molecule has 0 bridgehead atoms. The highest BCUT2D eigenvalue weighted by Gasteiger charge is 2.24. The van der Waals surface area contributed by atoms with Gasteiger partial charge in [0.15, 0.2) is 0 Å². The minimum absolute atomic E-state index is 0.00532. The maximum absolute atomic E-state index is 14.2. The fraction of sp³-hybridized carbons (Fsp3) is 0.250. The van der Waals surface area contributed by atoms with E-state index in [1.807, 2.05) is 6.07 Å². The van der Waals surface area contributed by atoms with Crippen LogP contribution in [0.4, 0.5) is 8.78 Å². The van der Waals surface area contributed by atoms with E-state index in [-0.39, 0.29) is 17.7 Å². The third-order valence-electron chi connectivity index (χ3n) is 5.00. The Kier molecular flexibility index (Phi) is 3.79. The summed E-state index contributed by atoms with van der Waals surface area (Å²) in [6.45, 7) is -0.00532. The van der Waals surface area contributed by atoms with Gasteiger partial charge in [-0.15, -0.1) is 0 Å². The molecule has 0 unspecified atom stereocenters. The van der Waals surface area contributed by atoms with E-state index in [0.717, 1.165) is 42.3 Å². The number of aryl methyl sites for hydroxylation is 1. The van der Waals surface area contributed by atoms with Crippen molar-refractivity contribution in [2.45, 2.75) is 32.2 Å². The summed E-state index contributed by atoms with van der Waals surface area (Å²) < 4.78 is 30.1. The second-order valence-electron chi connectivity index (χ2n) is 6.43. The molecule has 1 N–H and O–H groups in total. The molecule has 0 saturated heterocycles. The summed E-state index contributed by atoms with van der Waals surface area (Å²) in [5.41, 5.74) is 2.81. The van der Waals surface area contributed by atoms with E-state index in [1.165, 1.54) is 18.2 Å². The lowest BCUT2D eigenvalue weighted by atomic mass is 9.95. The zero-order chi connectivity index (χ0) is 17.6. The number of halogens is 2. The Morgan fingerprint density at radius 3 is 2.44 bits per heavy atom. The predicted octanol–water partition coefficient (Wildman–Crippen LogP) is 4.54. The number of aromatic carboxylic acids is 1. The van der Waals surface area contributed by atoms with Crippen LogP contribution in [0.5, 0.6) is 0 Å². The highest BCUT2D eigenvalue weighted by molar-refractivity contribution is 6.04. The summed E-state index contributed by atoms with van der Waals surface area (Å²) in [4.78, 5) is 11.7. The fourth-order valence-electron chi connectivity index (χ4n) is 3.88. The smallest absolute Gasteiger partial charge is 0.337 e. The summed E-state index contributed by atoms with van der Waals surface area (Å²) in [5.74, 6) is -2.26. The van der Waals surface area contributed by atoms with Gasteiger partial charge in [-0.2, -0.15) is 0 Å². The van der Waals surface area contributed by atoms with Crippen LogP contribution < -0.4 is 0 Å². The Balaban J connectivity index is 2.00. The minimum atomic E-state index is -1.03. The van der Waals surface area contributed by atoms with Gasteiger partial charge >= 0.3 is 5.97 Å². The number of carboxylic acids is 1. The van der Waals surface area contributed by atoms with E-state index in [9.17, 15) is 18.7 Å². The summed E-state index contributed by atoms with van der Waals surface area (Å²) in [6.07, 6.45) is 3.68. The second kappa shape index (κ2) is 5.99. The summed E-state index contributed by atoms with van der Waals surface area (Å²) >= 11 is 0. The highest BCUT2D eigenvalue weighted by atomic mass is 19.1. The monoisotopic (exact) mass is 341 g/mol. The Bertz CT molecular complexity index is 971. The molecule has 3 aromatic rings. The van der Waals surface area contributed by atoms with Crippen molar-refractivity contribution in [1.82, 2.24) is 4.57 Å². The number of hydrogen-bond donors (Lipinski definition) is 1. The van der Waals surface area contributed by atoms with Crippen molar-refractivity contribution in [2.75, 3.05) is 0 Å². The van der Waals surface area contributed by atoms with Crippen LogP contribution in [-0.4, -0.2) is 15.6 Å². The van der Waals surface area contributed by atoms with Crippen LogP contribution >= 0.6 is 0 Å². The van der Waals surface area contributed by atoms with Gasteiger partial charge in [0.2, 0.25) is 0 Å². The van der Waals surface area contributed by atoms with E-state index in [0.29, 0.717) is 5.52 Å². The van der Waals surface area contributed by atoms with Gasteiger partial charge in [-0.1, -0.05) is 18.2 Å². The molecule has 1 aliphatic rings. The van der Waals surface area contributed by atoms with Crippen molar-refractivity contribution < 1.29 is 18.7 Å². The number of aromatic nitrogens is 1. The van der Waals surface area contributed by atoms with E-state index in [2.05, 4.69) is 0 Å². The molecule has 0 fully saturated rings. The molecule has 2 aromatic carbocycles. The van der Waals surface area contributed by atoms with Crippen LogP contribution in [0, 0.1) is 11.6 Å². The van der Waals surface area contributed by atoms with Crippen LogP contribution in [0.15, 0.2) is 36.4 Å². The van der Waals surface area contributed by atoms with Crippen LogP contribution in [-0.2, 0) is 19.4 Å². The van der Waals surface area contributed by atoms with Crippen LogP contribution in [0.2, 0.25) is 0 Å². The lowest BCUT2D eigenvalue weighted by Gasteiger charge is -2.17. The van der Waals surface area contributed by atoms with Crippen molar-refractivity contribution in [1.29, 1.82) is 0 Å². The molecule has 0 radical (unpaired) electrons. The van der Waals surface area contributed by atoms with Gasteiger partial charge < -0.3 is 9.67 Å². The third-order valence-corrected chi connectivity index (χ3v) is 5.00. The van der Waals surface area contributed by atoms with Crippen LogP contribution in [0.25, 0.3) is 10.9 Å². The van der Waals surface area contributed by atoms with Crippen molar-refractivity contribution in [3.63, 3.8) is 0 Å². The summed E-state index contributed by atoms with van der Waals surface area (Å²) in [7, 11) is 0. The average molecular weight is 341 g/mol. The molecule has 4 rings (SSSR count). The first-order valence-electron chi connectivity index (χ1n) is 8.37. The number of rotatable bonds is 3. The van der Waals surface area contributed by atoms with Gasteiger partial charge in [-0.05, 0) is 49.4 Å². The average Bonchev–Trinajstić information content (AvgIpc) is 2.92. The molecule has 0 aliphatic heterocycles. The zero-order valence-electron chi connectivity index (χ0n) is 13.6.